The number of rotatable bonds is 10. The van der Waals surface area contributed by atoms with Crippen LogP contribution in [0.1, 0.15) is 19.3 Å². The minimum Gasteiger partial charge on any atom is -0.396 e. The van der Waals surface area contributed by atoms with E-state index in [0.29, 0.717) is 0 Å². The lowest BCUT2D eigenvalue weighted by Gasteiger charge is -2.38. The highest BCUT2D eigenvalue weighted by Gasteiger charge is 2.83. The predicted molar refractivity (Wildman–Crippen MR) is 61.6 cm³/mol. The standard InChI is InChI=1S/C12H9F17O/c13-5(14,8(19,20)9(21,22)7(17,18)3-4-30)1-2-6(15,16)10(23,24)11(25,26)12(27,28)29/h30H,1-4H2. The monoisotopic (exact) mass is 492 g/mol. The van der Waals surface area contributed by atoms with Crippen LogP contribution >= 0.6 is 0 Å². The fourth-order valence-corrected chi connectivity index (χ4v) is 1.79. The Morgan fingerprint density at radius 1 is 0.367 bits per heavy atom. The molecule has 182 valence electrons. The van der Waals surface area contributed by atoms with Crippen molar-refractivity contribution in [1.29, 1.82) is 0 Å². The molecule has 0 bridgehead atoms. The van der Waals surface area contributed by atoms with Crippen molar-refractivity contribution in [2.45, 2.75) is 66.9 Å². The third-order valence-electron chi connectivity index (χ3n) is 3.70. The van der Waals surface area contributed by atoms with E-state index in [1.54, 1.807) is 0 Å². The Kier molecular flexibility index (Phi) is 7.40. The van der Waals surface area contributed by atoms with E-state index in [1.807, 2.05) is 0 Å². The zero-order chi connectivity index (χ0) is 24.8. The van der Waals surface area contributed by atoms with E-state index >= 15 is 0 Å². The van der Waals surface area contributed by atoms with E-state index in [-0.39, 0.29) is 0 Å². The average molecular weight is 492 g/mol. The summed E-state index contributed by atoms with van der Waals surface area (Å²) in [6.07, 6.45) is -17.2. The summed E-state index contributed by atoms with van der Waals surface area (Å²) in [4.78, 5) is 0. The Balaban J connectivity index is 5.91. The van der Waals surface area contributed by atoms with Crippen LogP contribution in [0.25, 0.3) is 0 Å². The molecule has 0 saturated heterocycles. The van der Waals surface area contributed by atoms with E-state index < -0.39 is 73.5 Å². The zero-order valence-corrected chi connectivity index (χ0v) is 13.7. The van der Waals surface area contributed by atoms with Crippen LogP contribution < -0.4 is 0 Å². The van der Waals surface area contributed by atoms with Crippen molar-refractivity contribution >= 4 is 0 Å². The lowest BCUT2D eigenvalue weighted by atomic mass is 9.91. The first kappa shape index (κ1) is 28.8. The molecule has 0 spiro atoms. The maximum absolute atomic E-state index is 13.3. The van der Waals surface area contributed by atoms with Crippen molar-refractivity contribution in [2.75, 3.05) is 6.61 Å². The number of aliphatic hydroxyl groups excluding tert-OH is 1. The van der Waals surface area contributed by atoms with Crippen LogP contribution in [0.2, 0.25) is 0 Å². The van der Waals surface area contributed by atoms with E-state index in [0.717, 1.165) is 0 Å². The predicted octanol–water partition coefficient (Wildman–Crippen LogP) is 6.16. The topological polar surface area (TPSA) is 20.2 Å². The fourth-order valence-electron chi connectivity index (χ4n) is 1.79. The molecule has 0 aliphatic rings. The van der Waals surface area contributed by atoms with Gasteiger partial charge in [0.05, 0.1) is 0 Å². The van der Waals surface area contributed by atoms with Gasteiger partial charge in [-0.3, -0.25) is 0 Å². The van der Waals surface area contributed by atoms with Crippen LogP contribution in [0.15, 0.2) is 0 Å². The maximum atomic E-state index is 13.3. The second kappa shape index (κ2) is 7.72. The Labute approximate surface area is 154 Å². The molecule has 0 radical (unpaired) electrons. The van der Waals surface area contributed by atoms with E-state index in [2.05, 4.69) is 0 Å². The molecule has 0 aromatic rings. The van der Waals surface area contributed by atoms with Crippen molar-refractivity contribution in [3.8, 4) is 0 Å². The van der Waals surface area contributed by atoms with Gasteiger partial charge in [-0.15, -0.1) is 0 Å². The van der Waals surface area contributed by atoms with Crippen LogP contribution in [-0.4, -0.2) is 59.3 Å². The van der Waals surface area contributed by atoms with Crippen molar-refractivity contribution in [1.82, 2.24) is 0 Å². The molecule has 0 unspecified atom stereocenters. The van der Waals surface area contributed by atoms with Gasteiger partial charge in [0.15, 0.2) is 0 Å². The molecule has 0 rings (SSSR count). The molecule has 0 aromatic carbocycles. The highest BCUT2D eigenvalue weighted by atomic mass is 19.4. The van der Waals surface area contributed by atoms with Gasteiger partial charge in [0, 0.05) is 25.9 Å². The van der Waals surface area contributed by atoms with Crippen molar-refractivity contribution in [3.05, 3.63) is 0 Å². The van der Waals surface area contributed by atoms with Crippen LogP contribution in [0.3, 0.4) is 0 Å². The van der Waals surface area contributed by atoms with E-state index in [9.17, 15) is 74.6 Å². The van der Waals surface area contributed by atoms with Crippen LogP contribution in [0.5, 0.6) is 0 Å². The van der Waals surface area contributed by atoms with Gasteiger partial charge < -0.3 is 5.11 Å². The largest absolute Gasteiger partial charge is 0.460 e. The third-order valence-corrected chi connectivity index (χ3v) is 3.70. The van der Waals surface area contributed by atoms with Gasteiger partial charge in [0.2, 0.25) is 0 Å². The van der Waals surface area contributed by atoms with E-state index in [4.69, 9.17) is 5.11 Å². The summed E-state index contributed by atoms with van der Waals surface area (Å²) in [5.41, 5.74) is 0. The normalized spacial score (nSPS) is 16.2. The number of aliphatic hydroxyl groups is 1. The summed E-state index contributed by atoms with van der Waals surface area (Å²) in [5.74, 6) is -49.1. The Hall–Kier alpha value is -1.23. The summed E-state index contributed by atoms with van der Waals surface area (Å²) in [7, 11) is 0. The molecular weight excluding hydrogens is 483 g/mol. The molecular formula is C12H9F17O. The van der Waals surface area contributed by atoms with Crippen LogP contribution in [-0.2, 0) is 0 Å². The zero-order valence-electron chi connectivity index (χ0n) is 13.7. The van der Waals surface area contributed by atoms with Gasteiger partial charge in [0.25, 0.3) is 0 Å². The summed E-state index contributed by atoms with van der Waals surface area (Å²) in [6.45, 7) is -1.96. The molecule has 0 fully saturated rings. The van der Waals surface area contributed by atoms with E-state index in [1.165, 1.54) is 0 Å². The molecule has 1 nitrogen and oxygen atoms in total. The quantitative estimate of drug-likeness (QED) is 0.363. The van der Waals surface area contributed by atoms with Gasteiger partial charge >= 0.3 is 47.6 Å². The van der Waals surface area contributed by atoms with Crippen LogP contribution in [0, 0.1) is 0 Å². The molecule has 18 heteroatoms. The second-order valence-electron chi connectivity index (χ2n) is 5.88. The first-order valence-corrected chi connectivity index (χ1v) is 7.09. The van der Waals surface area contributed by atoms with Gasteiger partial charge in [-0.05, 0) is 0 Å². The summed E-state index contributed by atoms with van der Waals surface area (Å²) < 4.78 is 218. The van der Waals surface area contributed by atoms with Gasteiger partial charge in [-0.25, -0.2) is 0 Å². The number of alkyl halides is 17. The number of hydrogen-bond acceptors (Lipinski definition) is 1. The third kappa shape index (κ3) is 4.37. The molecule has 0 aliphatic carbocycles. The van der Waals surface area contributed by atoms with Crippen molar-refractivity contribution in [3.63, 3.8) is 0 Å². The second-order valence-corrected chi connectivity index (χ2v) is 5.88. The van der Waals surface area contributed by atoms with Crippen molar-refractivity contribution < 1.29 is 79.7 Å². The first-order chi connectivity index (χ1) is 12.8. The Bertz CT molecular complexity index is 590. The van der Waals surface area contributed by atoms with Crippen molar-refractivity contribution in [2.24, 2.45) is 0 Å². The Morgan fingerprint density at radius 3 is 0.833 bits per heavy atom. The maximum Gasteiger partial charge on any atom is 0.460 e. The minimum absolute atomic E-state index is 1.96. The Morgan fingerprint density at radius 2 is 0.600 bits per heavy atom. The van der Waals surface area contributed by atoms with Gasteiger partial charge in [-0.1, -0.05) is 0 Å². The lowest BCUT2D eigenvalue weighted by Crippen LogP contribution is -2.63. The number of hydrogen-bond donors (Lipinski definition) is 1. The fraction of sp³-hybridized carbons (Fsp3) is 1.00. The molecule has 0 heterocycles. The smallest absolute Gasteiger partial charge is 0.396 e. The first-order valence-electron chi connectivity index (χ1n) is 7.09. The number of halogens is 17. The van der Waals surface area contributed by atoms with Gasteiger partial charge in [-0.2, -0.15) is 74.6 Å². The lowest BCUT2D eigenvalue weighted by molar-refractivity contribution is -0.400. The minimum atomic E-state index is -7.57. The SMILES string of the molecule is OCCC(F)(F)C(F)(F)C(F)(F)C(F)(F)CCC(F)(F)C(F)(F)C(F)(F)C(F)(F)F. The molecule has 0 aromatic heterocycles. The summed E-state index contributed by atoms with van der Waals surface area (Å²) in [5, 5.41) is 8.08. The highest BCUT2D eigenvalue weighted by Crippen LogP contribution is 2.58. The van der Waals surface area contributed by atoms with Crippen LogP contribution in [0.4, 0.5) is 74.6 Å². The molecule has 1 N–H and O–H groups in total. The molecule has 0 amide bonds. The summed E-state index contributed by atoms with van der Waals surface area (Å²) in [6, 6.07) is 0. The molecule has 0 aliphatic heterocycles. The highest BCUT2D eigenvalue weighted by molar-refractivity contribution is 5.05. The molecule has 0 saturated carbocycles. The van der Waals surface area contributed by atoms with Gasteiger partial charge in [0.1, 0.15) is 0 Å². The molecule has 30 heavy (non-hydrogen) atoms. The molecule has 0 atom stereocenters. The average Bonchev–Trinajstić information content (AvgIpc) is 2.51. The summed E-state index contributed by atoms with van der Waals surface area (Å²) >= 11 is 0.